The van der Waals surface area contributed by atoms with Gasteiger partial charge >= 0.3 is 0 Å². The molecule has 12 rings (SSSR count). The van der Waals surface area contributed by atoms with Crippen LogP contribution in [0, 0.1) is 39.0 Å². The largest absolute Gasteiger partial charge is 0.510 e. The van der Waals surface area contributed by atoms with Crippen molar-refractivity contribution in [2.75, 3.05) is 0 Å². The topological polar surface area (TPSA) is 35.9 Å². The number of fused-ring (bicyclic) bond motifs is 4. The zero-order chi connectivity index (χ0) is 67.7. The summed E-state index contributed by atoms with van der Waals surface area (Å²) in [5.41, 5.74) is 9.57. The molecule has 0 atom stereocenters. The molecule has 6 heteroatoms. The van der Waals surface area contributed by atoms with Gasteiger partial charge in [-0.1, -0.05) is 207 Å². The van der Waals surface area contributed by atoms with Crippen LogP contribution in [0.15, 0.2) is 194 Å². The van der Waals surface area contributed by atoms with Gasteiger partial charge in [-0.05, 0) is 138 Å². The third-order valence-electron chi connectivity index (χ3n) is 14.9. The number of aryl methyl sites for hydroxylation is 3. The van der Waals surface area contributed by atoms with Gasteiger partial charge in [0, 0.05) is 62.2 Å². The monoisotopic (exact) mass is 1250 g/mol. The van der Waals surface area contributed by atoms with Crippen LogP contribution in [0.2, 0.25) is 0 Å². The minimum atomic E-state index is -2.82. The minimum absolute atomic E-state index is 0. The van der Waals surface area contributed by atoms with Gasteiger partial charge in [-0.2, -0.15) is 18.2 Å². The summed E-state index contributed by atoms with van der Waals surface area (Å²) in [6.45, 7) is 11.6. The first kappa shape index (κ1) is 40.1. The summed E-state index contributed by atoms with van der Waals surface area (Å²) in [5, 5.41) is 1.52. The Hall–Kier alpha value is -8.11. The second-order valence-electron chi connectivity index (χ2n) is 23.6. The molecule has 3 aromatic heterocycles. The van der Waals surface area contributed by atoms with E-state index < -0.39 is 50.8 Å². The molecule has 0 bridgehead atoms. The second kappa shape index (κ2) is 21.1. The van der Waals surface area contributed by atoms with Crippen molar-refractivity contribution in [3.8, 4) is 73.2 Å². The number of nitrogens with zero attached hydrogens (tertiary/aromatic N) is 4. The van der Waals surface area contributed by atoms with Crippen LogP contribution in [0.4, 0.5) is 0 Å². The number of ether oxygens (including phenoxy) is 1. The van der Waals surface area contributed by atoms with E-state index in [2.05, 4.69) is 141 Å². The van der Waals surface area contributed by atoms with E-state index in [0.29, 0.717) is 33.3 Å². The van der Waals surface area contributed by atoms with Gasteiger partial charge < -0.3 is 13.9 Å². The van der Waals surface area contributed by atoms with Gasteiger partial charge in [0.1, 0.15) is 5.82 Å². The van der Waals surface area contributed by atoms with Crippen molar-refractivity contribution in [1.82, 2.24) is 14.1 Å². The molecule has 0 aliphatic heterocycles. The van der Waals surface area contributed by atoms with Crippen LogP contribution in [0.25, 0.3) is 94.5 Å². The molecule has 0 spiro atoms. The van der Waals surface area contributed by atoms with Crippen molar-refractivity contribution in [1.29, 1.82) is 0 Å². The molecule has 0 aliphatic carbocycles. The van der Waals surface area contributed by atoms with Crippen molar-refractivity contribution < 1.29 is 49.6 Å². The maximum atomic E-state index is 8.72. The quantitative estimate of drug-likeness (QED) is 0.107. The zero-order valence-electron chi connectivity index (χ0n) is 60.6. The van der Waals surface area contributed by atoms with Crippen molar-refractivity contribution in [2.24, 2.45) is 0 Å². The van der Waals surface area contributed by atoms with E-state index in [1.807, 2.05) is 63.7 Å². The van der Waals surface area contributed by atoms with Gasteiger partial charge in [-0.3, -0.25) is 4.57 Å². The molecule has 0 saturated carbocycles. The Morgan fingerprint density at radius 2 is 1.15 bits per heavy atom. The molecule has 0 amide bonds. The summed E-state index contributed by atoms with van der Waals surface area (Å²) in [6, 6.07) is 53.5. The van der Waals surface area contributed by atoms with E-state index in [9.17, 15) is 0 Å². The first-order chi connectivity index (χ1) is 44.0. The van der Waals surface area contributed by atoms with E-state index >= 15 is 0 Å². The van der Waals surface area contributed by atoms with Crippen molar-refractivity contribution in [3.63, 3.8) is 0 Å². The molecule has 0 saturated heterocycles. The molecule has 3 heterocycles. The smallest absolute Gasteiger partial charge is 0.268 e. The third kappa shape index (κ3) is 10.4. The van der Waals surface area contributed by atoms with Crippen LogP contribution < -0.4 is 9.30 Å². The maximum absolute atomic E-state index is 8.72. The Labute approximate surface area is 512 Å². The molecule has 0 fully saturated rings. The van der Waals surface area contributed by atoms with Crippen LogP contribution in [-0.2, 0) is 37.3 Å². The first-order valence-corrected chi connectivity index (χ1v) is 26.8. The third-order valence-corrected chi connectivity index (χ3v) is 14.9. The number of hydrogen-bond acceptors (Lipinski definition) is 2. The van der Waals surface area contributed by atoms with E-state index in [0.717, 1.165) is 55.4 Å². The molecule has 12 aromatic rings. The van der Waals surface area contributed by atoms with Gasteiger partial charge in [0.05, 0.1) is 23.6 Å². The SMILES string of the molecule is [2H]c1c([2H])c([2H])c(-c2cnc(-n3c4[c-]c(Oc5[c-]c(-n6[c-][n+](-c7c(-c8cccc(C(C)(C)C)c8)cc(C(C)(C)C)cc7-c7cccc(C(C)(C)C)c7)c7ccc(-c8c(C([2H])([2H])[2H])cccc8C([2H])([2H])[2H])cc76)ccc5)ccc4c4ccccc43)cc2C([2H])([2H])[2H])c([2H])c1[2H].[Pt]. The van der Waals surface area contributed by atoms with Crippen LogP contribution in [0.3, 0.4) is 0 Å². The fourth-order valence-corrected chi connectivity index (χ4v) is 10.6. The fourth-order valence-electron chi connectivity index (χ4n) is 10.6. The Morgan fingerprint density at radius 1 is 0.519 bits per heavy atom. The summed E-state index contributed by atoms with van der Waals surface area (Å²) < 4.78 is 133. The van der Waals surface area contributed by atoms with Crippen molar-refractivity contribution >= 4 is 32.8 Å². The predicted octanol–water partition coefficient (Wildman–Crippen LogP) is 19.1. The Bertz CT molecular complexity index is 4900. The van der Waals surface area contributed by atoms with Crippen molar-refractivity contribution in [2.45, 2.75) is 99.1 Å². The fraction of sp³-hybridized carbons (Fsp3) is 0.200. The van der Waals surface area contributed by atoms with Gasteiger partial charge in [0.25, 0.3) is 6.33 Å². The number of benzene rings is 9. The molecular formula is C75H68N4OPt-2. The van der Waals surface area contributed by atoms with E-state index in [1.54, 1.807) is 22.8 Å². The normalized spacial score (nSPS) is 15.1. The average molecular weight is 1250 g/mol. The number of rotatable bonds is 9. The summed E-state index contributed by atoms with van der Waals surface area (Å²) in [4.78, 5) is 4.74. The molecule has 406 valence electrons. The van der Waals surface area contributed by atoms with Crippen LogP contribution in [0.5, 0.6) is 11.5 Å². The van der Waals surface area contributed by atoms with Gasteiger partial charge in [-0.15, -0.1) is 29.7 Å². The standard InChI is InChI=1S/C75H68N4O.Pt/c1-48-22-18-23-49(2)71(48)54-34-37-67-69(41-54)77(47-78(67)72-63(52-26-19-28-55(39-52)73(4,5)6)42-57(75(10,11)12)43-64(72)53-27-20-29-56(40-53)74(7,8)9)58-30-21-31-59(44-58)80-60-35-36-62-61-32-16-17-33-66(61)79(68(62)45-60)70-38-50(3)65(46-76-70)51-24-14-13-15-25-51;/h13-43,46H,1-12H3;/q-2;/i1D3,2D3,3D3,13D,14D,15D,24D,25D;. The molecular weight excluding hydrogens is 1170 g/mol. The number of pyridine rings is 1. The Morgan fingerprint density at radius 3 is 1.80 bits per heavy atom. The second-order valence-corrected chi connectivity index (χ2v) is 23.6. The van der Waals surface area contributed by atoms with E-state index in [-0.39, 0.29) is 88.0 Å². The van der Waals surface area contributed by atoms with Gasteiger partial charge in [0.2, 0.25) is 0 Å². The number of imidazole rings is 1. The molecule has 0 aliphatic rings. The van der Waals surface area contributed by atoms with Crippen molar-refractivity contribution in [3.05, 3.63) is 246 Å². The maximum Gasteiger partial charge on any atom is 0.268 e. The minimum Gasteiger partial charge on any atom is -0.510 e. The Kier molecular flexibility index (Phi) is 10.4. The number of aromatic nitrogens is 4. The summed E-state index contributed by atoms with van der Waals surface area (Å²) >= 11 is 0. The van der Waals surface area contributed by atoms with Gasteiger partial charge in [0.15, 0.2) is 0 Å². The number of hydrogen-bond donors (Lipinski definition) is 0. The molecule has 0 radical (unpaired) electrons. The zero-order valence-corrected chi connectivity index (χ0v) is 48.9. The predicted molar refractivity (Wildman–Crippen MR) is 332 cm³/mol. The van der Waals surface area contributed by atoms with Crippen LogP contribution in [0.1, 0.15) is 115 Å². The van der Waals surface area contributed by atoms with Gasteiger partial charge in [-0.25, -0.2) is 4.98 Å². The molecule has 81 heavy (non-hydrogen) atoms. The van der Waals surface area contributed by atoms with Crippen LogP contribution >= 0.6 is 0 Å². The Balaban J connectivity index is 0.00000919. The number of para-hydroxylation sites is 1. The van der Waals surface area contributed by atoms with E-state index in [1.165, 1.54) is 30.5 Å². The summed E-state index contributed by atoms with van der Waals surface area (Å²) in [7, 11) is 0. The van der Waals surface area contributed by atoms with E-state index in [4.69, 9.17) is 28.9 Å². The van der Waals surface area contributed by atoms with Crippen LogP contribution in [-0.4, -0.2) is 14.1 Å². The first-order valence-electron chi connectivity index (χ1n) is 33.8. The summed E-state index contributed by atoms with van der Waals surface area (Å²) in [5.74, 6) is 0.664. The molecule has 5 nitrogen and oxygen atoms in total. The molecule has 9 aromatic carbocycles. The average Bonchev–Trinajstić information content (AvgIpc) is 1.67. The molecule has 0 unspecified atom stereocenters. The molecule has 0 N–H and O–H groups in total. The summed E-state index contributed by atoms with van der Waals surface area (Å²) in [6.07, 6.45) is 5.01.